The van der Waals surface area contributed by atoms with Gasteiger partial charge in [-0.2, -0.15) is 10.4 Å². The van der Waals surface area contributed by atoms with Crippen molar-refractivity contribution in [2.24, 2.45) is 5.41 Å². The van der Waals surface area contributed by atoms with Gasteiger partial charge in [0, 0.05) is 18.4 Å². The third-order valence-corrected chi connectivity index (χ3v) is 2.86. The summed E-state index contributed by atoms with van der Waals surface area (Å²) in [6.07, 6.45) is 2.95. The fourth-order valence-corrected chi connectivity index (χ4v) is 1.76. The van der Waals surface area contributed by atoms with Crippen LogP contribution in [0.3, 0.4) is 0 Å². The molecule has 4 heteroatoms. The van der Waals surface area contributed by atoms with E-state index in [1.165, 1.54) is 0 Å². The topological polar surface area (TPSA) is 54.5 Å². The van der Waals surface area contributed by atoms with Crippen LogP contribution in [-0.4, -0.2) is 14.8 Å². The van der Waals surface area contributed by atoms with Crippen LogP contribution < -0.4 is 0 Å². The zero-order chi connectivity index (χ0) is 10.2. The Morgan fingerprint density at radius 1 is 1.50 bits per heavy atom. The fraction of sp³-hybridized carbons (Fsp3) is 0.700. The molecule has 1 saturated carbocycles. The van der Waals surface area contributed by atoms with Crippen molar-refractivity contribution in [1.29, 1.82) is 5.26 Å². The molecule has 1 aromatic rings. The van der Waals surface area contributed by atoms with Gasteiger partial charge < -0.3 is 0 Å². The number of aromatic nitrogens is 3. The molecule has 1 aromatic heterocycles. The van der Waals surface area contributed by atoms with E-state index in [-0.39, 0.29) is 5.41 Å². The molecule has 0 atom stereocenters. The number of nitrogens with zero attached hydrogens (tertiary/aromatic N) is 4. The second kappa shape index (κ2) is 3.09. The molecule has 1 heterocycles. The summed E-state index contributed by atoms with van der Waals surface area (Å²) in [5.41, 5.74) is 0.208. The molecular formula is C10H14N4. The van der Waals surface area contributed by atoms with E-state index in [9.17, 15) is 0 Å². The highest BCUT2D eigenvalue weighted by molar-refractivity contribution is 5.00. The summed E-state index contributed by atoms with van der Waals surface area (Å²) in [7, 11) is 0. The number of rotatable bonds is 3. The summed E-state index contributed by atoms with van der Waals surface area (Å²) >= 11 is 0. The summed E-state index contributed by atoms with van der Waals surface area (Å²) in [4.78, 5) is 4.25. The molecular weight excluding hydrogens is 176 g/mol. The number of hydrogen-bond acceptors (Lipinski definition) is 3. The quantitative estimate of drug-likeness (QED) is 0.727. The molecule has 0 unspecified atom stereocenters. The average Bonchev–Trinajstić information content (AvgIpc) is 2.77. The molecule has 0 bridgehead atoms. The van der Waals surface area contributed by atoms with E-state index >= 15 is 0 Å². The first-order valence-corrected chi connectivity index (χ1v) is 4.90. The van der Waals surface area contributed by atoms with Gasteiger partial charge in [0.15, 0.2) is 0 Å². The van der Waals surface area contributed by atoms with Gasteiger partial charge in [-0.05, 0) is 26.7 Å². The van der Waals surface area contributed by atoms with Gasteiger partial charge in [-0.1, -0.05) is 0 Å². The normalized spacial score (nSPS) is 17.8. The molecule has 1 aliphatic carbocycles. The van der Waals surface area contributed by atoms with Crippen LogP contribution in [0.25, 0.3) is 0 Å². The summed E-state index contributed by atoms with van der Waals surface area (Å²) in [6.45, 7) is 4.71. The second-order valence-electron chi connectivity index (χ2n) is 4.20. The number of hydrogen-bond donors (Lipinski definition) is 0. The van der Waals surface area contributed by atoms with Crippen molar-refractivity contribution in [3.63, 3.8) is 0 Å². The van der Waals surface area contributed by atoms with E-state index in [2.05, 4.69) is 16.2 Å². The monoisotopic (exact) mass is 190 g/mol. The lowest BCUT2D eigenvalue weighted by Crippen LogP contribution is -2.13. The maximum Gasteiger partial charge on any atom is 0.147 e. The minimum Gasteiger partial charge on any atom is -0.250 e. The minimum absolute atomic E-state index is 0.208. The Balaban J connectivity index is 2.11. The Bertz CT molecular complexity index is 381. The van der Waals surface area contributed by atoms with Crippen molar-refractivity contribution >= 4 is 0 Å². The van der Waals surface area contributed by atoms with Crippen molar-refractivity contribution < 1.29 is 0 Å². The standard InChI is InChI=1S/C10H14N4/c1-8-12-9(2)14(13-8)7-10(3-4-10)5-6-11/h3-5,7H2,1-2H3. The summed E-state index contributed by atoms with van der Waals surface area (Å²) in [5, 5.41) is 13.0. The van der Waals surface area contributed by atoms with Gasteiger partial charge in [-0.15, -0.1) is 0 Å². The first-order valence-electron chi connectivity index (χ1n) is 4.90. The Labute approximate surface area is 83.6 Å². The highest BCUT2D eigenvalue weighted by Gasteiger charge is 2.43. The Kier molecular flexibility index (Phi) is 2.03. The molecule has 0 radical (unpaired) electrons. The molecule has 1 aliphatic rings. The van der Waals surface area contributed by atoms with Gasteiger partial charge in [0.2, 0.25) is 0 Å². The van der Waals surface area contributed by atoms with Crippen LogP contribution in [-0.2, 0) is 6.54 Å². The first-order chi connectivity index (χ1) is 6.65. The SMILES string of the molecule is Cc1nc(C)n(CC2(CC#N)CC2)n1. The second-order valence-corrected chi connectivity index (χ2v) is 4.20. The predicted octanol–water partition coefficient (Wildman–Crippen LogP) is 1.59. The molecule has 1 fully saturated rings. The summed E-state index contributed by atoms with van der Waals surface area (Å²) < 4.78 is 1.93. The highest BCUT2D eigenvalue weighted by Crippen LogP contribution is 2.49. The average molecular weight is 190 g/mol. The fourth-order valence-electron chi connectivity index (χ4n) is 1.76. The molecule has 0 amide bonds. The molecule has 0 N–H and O–H groups in total. The molecule has 4 nitrogen and oxygen atoms in total. The minimum atomic E-state index is 0.208. The zero-order valence-electron chi connectivity index (χ0n) is 8.62. The van der Waals surface area contributed by atoms with Crippen LogP contribution in [0.15, 0.2) is 0 Å². The predicted molar refractivity (Wildman–Crippen MR) is 51.4 cm³/mol. The van der Waals surface area contributed by atoms with Crippen molar-refractivity contribution in [3.8, 4) is 6.07 Å². The molecule has 0 aliphatic heterocycles. The zero-order valence-corrected chi connectivity index (χ0v) is 8.62. The van der Waals surface area contributed by atoms with E-state index in [1.54, 1.807) is 0 Å². The van der Waals surface area contributed by atoms with E-state index < -0.39 is 0 Å². The van der Waals surface area contributed by atoms with Gasteiger partial charge in [-0.25, -0.2) is 9.67 Å². The van der Waals surface area contributed by atoms with Gasteiger partial charge in [0.25, 0.3) is 0 Å². The van der Waals surface area contributed by atoms with Gasteiger partial charge in [-0.3, -0.25) is 0 Å². The van der Waals surface area contributed by atoms with Gasteiger partial charge in [0.05, 0.1) is 6.07 Å². The highest BCUT2D eigenvalue weighted by atomic mass is 15.3. The molecule has 14 heavy (non-hydrogen) atoms. The molecule has 0 aromatic carbocycles. The van der Waals surface area contributed by atoms with Crippen LogP contribution in [0.1, 0.15) is 30.9 Å². The smallest absolute Gasteiger partial charge is 0.147 e. The lowest BCUT2D eigenvalue weighted by Gasteiger charge is -2.11. The lowest BCUT2D eigenvalue weighted by atomic mass is 10.0. The molecule has 0 spiro atoms. The van der Waals surface area contributed by atoms with Crippen LogP contribution >= 0.6 is 0 Å². The number of aryl methyl sites for hydroxylation is 2. The van der Waals surface area contributed by atoms with Crippen LogP contribution in [0.5, 0.6) is 0 Å². The lowest BCUT2D eigenvalue weighted by molar-refractivity contribution is 0.397. The maximum absolute atomic E-state index is 8.70. The van der Waals surface area contributed by atoms with Crippen molar-refractivity contribution in [3.05, 3.63) is 11.6 Å². The molecule has 2 rings (SSSR count). The van der Waals surface area contributed by atoms with Crippen molar-refractivity contribution in [2.75, 3.05) is 0 Å². The molecule has 0 saturated heterocycles. The van der Waals surface area contributed by atoms with Gasteiger partial charge >= 0.3 is 0 Å². The largest absolute Gasteiger partial charge is 0.250 e. The maximum atomic E-state index is 8.70. The van der Waals surface area contributed by atoms with E-state index in [0.29, 0.717) is 6.42 Å². The summed E-state index contributed by atoms with van der Waals surface area (Å²) in [5.74, 6) is 1.77. The van der Waals surface area contributed by atoms with E-state index in [4.69, 9.17) is 5.26 Å². The Morgan fingerprint density at radius 2 is 2.21 bits per heavy atom. The first kappa shape index (κ1) is 9.20. The third-order valence-electron chi connectivity index (χ3n) is 2.86. The van der Waals surface area contributed by atoms with Crippen LogP contribution in [0, 0.1) is 30.6 Å². The van der Waals surface area contributed by atoms with Crippen LogP contribution in [0.4, 0.5) is 0 Å². The molecule has 74 valence electrons. The Morgan fingerprint density at radius 3 is 2.64 bits per heavy atom. The number of nitriles is 1. The van der Waals surface area contributed by atoms with Crippen LogP contribution in [0.2, 0.25) is 0 Å². The Hall–Kier alpha value is -1.37. The van der Waals surface area contributed by atoms with E-state index in [0.717, 1.165) is 31.0 Å². The van der Waals surface area contributed by atoms with Crippen molar-refractivity contribution in [1.82, 2.24) is 14.8 Å². The van der Waals surface area contributed by atoms with Crippen molar-refractivity contribution in [2.45, 2.75) is 39.7 Å². The summed E-state index contributed by atoms with van der Waals surface area (Å²) in [6, 6.07) is 2.26. The third kappa shape index (κ3) is 1.63. The van der Waals surface area contributed by atoms with E-state index in [1.807, 2.05) is 18.5 Å². The van der Waals surface area contributed by atoms with Gasteiger partial charge in [0.1, 0.15) is 11.6 Å².